The number of nitrogens with zero attached hydrogens (tertiary/aromatic N) is 1. The van der Waals surface area contributed by atoms with E-state index in [-0.39, 0.29) is 34.9 Å². The van der Waals surface area contributed by atoms with E-state index in [1.807, 2.05) is 51.1 Å². The van der Waals surface area contributed by atoms with Gasteiger partial charge in [-0.15, -0.1) is 0 Å². The topological polar surface area (TPSA) is 75.7 Å². The SMILES string of the molecule is CC(C)[C@@H](C)NC(=O)COC(=O)c1ccccc1C(=O)N(C)Cc1ccccc1. The molecule has 0 aliphatic heterocycles. The van der Waals surface area contributed by atoms with Crippen LogP contribution in [0.15, 0.2) is 54.6 Å². The molecule has 6 nitrogen and oxygen atoms in total. The molecule has 2 aromatic carbocycles. The predicted octanol–water partition coefficient (Wildman–Crippen LogP) is 3.28. The Bertz CT molecular complexity index is 849. The van der Waals surface area contributed by atoms with E-state index in [1.165, 1.54) is 6.07 Å². The van der Waals surface area contributed by atoms with Crippen LogP contribution in [0.5, 0.6) is 0 Å². The zero-order chi connectivity index (χ0) is 21.4. The molecule has 2 aromatic rings. The lowest BCUT2D eigenvalue weighted by molar-refractivity contribution is -0.125. The van der Waals surface area contributed by atoms with Crippen molar-refractivity contribution in [3.05, 3.63) is 71.3 Å². The molecule has 1 atom stereocenters. The molecule has 0 aromatic heterocycles. The molecular weight excluding hydrogens is 368 g/mol. The molecule has 0 unspecified atom stereocenters. The molecule has 0 radical (unpaired) electrons. The summed E-state index contributed by atoms with van der Waals surface area (Å²) in [6.45, 7) is 5.90. The van der Waals surface area contributed by atoms with Gasteiger partial charge in [-0.1, -0.05) is 56.3 Å². The van der Waals surface area contributed by atoms with Crippen molar-refractivity contribution in [2.45, 2.75) is 33.4 Å². The Morgan fingerprint density at radius 1 is 0.931 bits per heavy atom. The lowest BCUT2D eigenvalue weighted by atomic mass is 10.1. The summed E-state index contributed by atoms with van der Waals surface area (Å²) in [6.07, 6.45) is 0. The van der Waals surface area contributed by atoms with Gasteiger partial charge in [-0.25, -0.2) is 4.79 Å². The largest absolute Gasteiger partial charge is 0.452 e. The third kappa shape index (κ3) is 6.45. The zero-order valence-electron chi connectivity index (χ0n) is 17.3. The van der Waals surface area contributed by atoms with E-state index in [0.717, 1.165) is 5.56 Å². The van der Waals surface area contributed by atoms with Gasteiger partial charge in [0.2, 0.25) is 0 Å². The fraction of sp³-hybridized carbons (Fsp3) is 0.348. The van der Waals surface area contributed by atoms with Crippen molar-refractivity contribution in [3.8, 4) is 0 Å². The smallest absolute Gasteiger partial charge is 0.339 e. The molecule has 154 valence electrons. The summed E-state index contributed by atoms with van der Waals surface area (Å²) in [4.78, 5) is 38.9. The summed E-state index contributed by atoms with van der Waals surface area (Å²) in [5.74, 6) is -1.09. The van der Waals surface area contributed by atoms with Gasteiger partial charge in [-0.05, 0) is 30.5 Å². The Morgan fingerprint density at radius 2 is 1.52 bits per heavy atom. The average molecular weight is 396 g/mol. The first-order valence-corrected chi connectivity index (χ1v) is 9.64. The van der Waals surface area contributed by atoms with E-state index in [0.29, 0.717) is 6.54 Å². The monoisotopic (exact) mass is 396 g/mol. The van der Waals surface area contributed by atoms with Crippen molar-refractivity contribution in [1.82, 2.24) is 10.2 Å². The van der Waals surface area contributed by atoms with E-state index in [4.69, 9.17) is 4.74 Å². The summed E-state index contributed by atoms with van der Waals surface area (Å²) in [7, 11) is 1.68. The van der Waals surface area contributed by atoms with Crippen LogP contribution >= 0.6 is 0 Å². The molecule has 6 heteroatoms. The van der Waals surface area contributed by atoms with E-state index in [9.17, 15) is 14.4 Å². The number of amides is 2. The number of rotatable bonds is 8. The van der Waals surface area contributed by atoms with Crippen molar-refractivity contribution in [1.29, 1.82) is 0 Å². The van der Waals surface area contributed by atoms with E-state index in [2.05, 4.69) is 5.32 Å². The first-order valence-electron chi connectivity index (χ1n) is 9.64. The van der Waals surface area contributed by atoms with Crippen molar-refractivity contribution in [3.63, 3.8) is 0 Å². The molecule has 2 rings (SSSR count). The van der Waals surface area contributed by atoms with Gasteiger partial charge < -0.3 is 15.0 Å². The molecular formula is C23H28N2O4. The van der Waals surface area contributed by atoms with Crippen LogP contribution in [-0.2, 0) is 16.1 Å². The number of carbonyl (C=O) groups is 3. The molecule has 2 amide bonds. The molecule has 0 saturated carbocycles. The van der Waals surface area contributed by atoms with Crippen LogP contribution in [0.1, 0.15) is 47.1 Å². The standard InChI is InChI=1S/C23H28N2O4/c1-16(2)17(3)24-21(26)15-29-23(28)20-13-9-8-12-19(20)22(27)25(4)14-18-10-6-5-7-11-18/h5-13,16-17H,14-15H2,1-4H3,(H,24,26)/t17-/m1/s1. The highest BCUT2D eigenvalue weighted by Crippen LogP contribution is 2.14. The maximum atomic E-state index is 12.9. The van der Waals surface area contributed by atoms with Crippen LogP contribution in [-0.4, -0.2) is 42.4 Å². The Balaban J connectivity index is 2.04. The number of hydrogen-bond acceptors (Lipinski definition) is 4. The second-order valence-electron chi connectivity index (χ2n) is 7.37. The minimum Gasteiger partial charge on any atom is -0.452 e. The number of benzene rings is 2. The maximum Gasteiger partial charge on any atom is 0.339 e. The summed E-state index contributed by atoms with van der Waals surface area (Å²) in [5.41, 5.74) is 1.37. The number of nitrogens with one attached hydrogen (secondary N) is 1. The quantitative estimate of drug-likeness (QED) is 0.695. The Labute approximate surface area is 171 Å². The van der Waals surface area contributed by atoms with Gasteiger partial charge >= 0.3 is 5.97 Å². The molecule has 0 fully saturated rings. The average Bonchev–Trinajstić information content (AvgIpc) is 2.72. The van der Waals surface area contributed by atoms with Crippen LogP contribution < -0.4 is 5.32 Å². The van der Waals surface area contributed by atoms with Crippen LogP contribution in [0.3, 0.4) is 0 Å². The molecule has 1 N–H and O–H groups in total. The second-order valence-corrected chi connectivity index (χ2v) is 7.37. The molecule has 0 aliphatic rings. The molecule has 0 aliphatic carbocycles. The predicted molar refractivity (Wildman–Crippen MR) is 111 cm³/mol. The minimum atomic E-state index is -0.700. The Morgan fingerprint density at radius 3 is 2.14 bits per heavy atom. The van der Waals surface area contributed by atoms with Crippen LogP contribution in [0.25, 0.3) is 0 Å². The third-order valence-electron chi connectivity index (χ3n) is 4.71. The van der Waals surface area contributed by atoms with Crippen LogP contribution in [0.2, 0.25) is 0 Å². The highest BCUT2D eigenvalue weighted by molar-refractivity contribution is 6.05. The molecule has 0 bridgehead atoms. The first-order chi connectivity index (χ1) is 13.8. The van der Waals surface area contributed by atoms with E-state index >= 15 is 0 Å². The van der Waals surface area contributed by atoms with Gasteiger partial charge in [0, 0.05) is 19.6 Å². The third-order valence-corrected chi connectivity index (χ3v) is 4.71. The fourth-order valence-corrected chi connectivity index (χ4v) is 2.65. The van der Waals surface area contributed by atoms with Crippen molar-refractivity contribution in [2.24, 2.45) is 5.92 Å². The second kappa shape index (κ2) is 10.4. The highest BCUT2D eigenvalue weighted by Gasteiger charge is 2.21. The molecule has 0 heterocycles. The first kappa shape index (κ1) is 22.1. The summed E-state index contributed by atoms with van der Waals surface area (Å²) in [6, 6.07) is 16.0. The van der Waals surface area contributed by atoms with Crippen LogP contribution in [0.4, 0.5) is 0 Å². The number of carbonyl (C=O) groups excluding carboxylic acids is 3. The van der Waals surface area contributed by atoms with Gasteiger partial charge in [-0.2, -0.15) is 0 Å². The van der Waals surface area contributed by atoms with E-state index < -0.39 is 12.6 Å². The number of ether oxygens (including phenoxy) is 1. The Hall–Kier alpha value is -3.15. The minimum absolute atomic E-state index is 0.0262. The fourth-order valence-electron chi connectivity index (χ4n) is 2.65. The lowest BCUT2D eigenvalue weighted by Crippen LogP contribution is -2.38. The number of esters is 1. The van der Waals surface area contributed by atoms with Gasteiger partial charge in [0.25, 0.3) is 11.8 Å². The Kier molecular flexibility index (Phi) is 7.95. The molecule has 0 spiro atoms. The van der Waals surface area contributed by atoms with Gasteiger partial charge in [0.05, 0.1) is 11.1 Å². The molecule has 0 saturated heterocycles. The summed E-state index contributed by atoms with van der Waals surface area (Å²) in [5, 5.41) is 2.78. The highest BCUT2D eigenvalue weighted by atomic mass is 16.5. The zero-order valence-corrected chi connectivity index (χ0v) is 17.3. The van der Waals surface area contributed by atoms with Crippen molar-refractivity contribution in [2.75, 3.05) is 13.7 Å². The maximum absolute atomic E-state index is 12.9. The van der Waals surface area contributed by atoms with Crippen molar-refractivity contribution < 1.29 is 19.1 Å². The van der Waals surface area contributed by atoms with Crippen molar-refractivity contribution >= 4 is 17.8 Å². The van der Waals surface area contributed by atoms with Crippen LogP contribution in [0, 0.1) is 5.92 Å². The normalized spacial score (nSPS) is 11.6. The number of hydrogen-bond donors (Lipinski definition) is 1. The van der Waals surface area contributed by atoms with Gasteiger partial charge in [0.1, 0.15) is 0 Å². The molecule has 29 heavy (non-hydrogen) atoms. The summed E-state index contributed by atoms with van der Waals surface area (Å²) >= 11 is 0. The lowest BCUT2D eigenvalue weighted by Gasteiger charge is -2.19. The van der Waals surface area contributed by atoms with Gasteiger partial charge in [0.15, 0.2) is 6.61 Å². The van der Waals surface area contributed by atoms with Gasteiger partial charge in [-0.3, -0.25) is 9.59 Å². The summed E-state index contributed by atoms with van der Waals surface area (Å²) < 4.78 is 5.14. The van der Waals surface area contributed by atoms with E-state index in [1.54, 1.807) is 30.1 Å².